The number of nitrogens with one attached hydrogen (secondary N) is 1. The average Bonchev–Trinajstić information content (AvgIpc) is 3.46. The molecule has 166 valence electrons. The van der Waals surface area contributed by atoms with E-state index in [0.717, 1.165) is 16.5 Å². The van der Waals surface area contributed by atoms with Crippen LogP contribution in [0.1, 0.15) is 42.5 Å². The van der Waals surface area contributed by atoms with Gasteiger partial charge in [0.2, 0.25) is 11.0 Å². The summed E-state index contributed by atoms with van der Waals surface area (Å²) in [5.41, 5.74) is 4.22. The van der Waals surface area contributed by atoms with Gasteiger partial charge in [-0.1, -0.05) is 28.6 Å². The van der Waals surface area contributed by atoms with Crippen LogP contribution < -0.4 is 5.32 Å². The Labute approximate surface area is 192 Å². The SMILES string of the molecule is Cc1cc2onc(CC(=O)Nc3nnc(CCN4C(=O)c5ccccc5C4=O)s3)c2cc1C. The van der Waals surface area contributed by atoms with Crippen LogP contribution in [-0.2, 0) is 17.6 Å². The smallest absolute Gasteiger partial charge is 0.261 e. The van der Waals surface area contributed by atoms with Crippen molar-refractivity contribution in [2.45, 2.75) is 26.7 Å². The van der Waals surface area contributed by atoms with Crippen molar-refractivity contribution in [2.75, 3.05) is 11.9 Å². The van der Waals surface area contributed by atoms with E-state index < -0.39 is 0 Å². The molecule has 1 N–H and O–H groups in total. The van der Waals surface area contributed by atoms with E-state index in [1.54, 1.807) is 24.3 Å². The van der Waals surface area contributed by atoms with E-state index in [0.29, 0.717) is 39.0 Å². The molecule has 0 fully saturated rings. The summed E-state index contributed by atoms with van der Waals surface area (Å²) >= 11 is 1.20. The van der Waals surface area contributed by atoms with Gasteiger partial charge in [0, 0.05) is 18.4 Å². The lowest BCUT2D eigenvalue weighted by atomic mass is 10.1. The topological polar surface area (TPSA) is 118 Å². The zero-order valence-corrected chi connectivity index (χ0v) is 18.7. The molecule has 0 aliphatic carbocycles. The van der Waals surface area contributed by atoms with E-state index in [1.807, 2.05) is 26.0 Å². The molecule has 0 radical (unpaired) electrons. The molecule has 5 rings (SSSR count). The number of amides is 3. The van der Waals surface area contributed by atoms with E-state index in [-0.39, 0.29) is 30.7 Å². The van der Waals surface area contributed by atoms with E-state index in [2.05, 4.69) is 20.7 Å². The molecule has 0 saturated carbocycles. The minimum atomic E-state index is -0.307. The Balaban J connectivity index is 1.20. The van der Waals surface area contributed by atoms with Crippen LogP contribution in [0.2, 0.25) is 0 Å². The zero-order valence-electron chi connectivity index (χ0n) is 17.9. The molecule has 1 aliphatic rings. The van der Waals surface area contributed by atoms with Crippen molar-refractivity contribution in [1.82, 2.24) is 20.3 Å². The van der Waals surface area contributed by atoms with Crippen molar-refractivity contribution >= 4 is 45.2 Å². The predicted octanol–water partition coefficient (Wildman–Crippen LogP) is 3.32. The van der Waals surface area contributed by atoms with Gasteiger partial charge in [0.1, 0.15) is 10.7 Å². The first kappa shape index (κ1) is 21.0. The fourth-order valence-electron chi connectivity index (χ4n) is 3.74. The second-order valence-corrected chi connectivity index (χ2v) is 8.91. The number of fused-ring (bicyclic) bond motifs is 2. The maximum atomic E-state index is 12.5. The number of anilines is 1. The molecule has 10 heteroatoms. The molecule has 0 saturated heterocycles. The maximum Gasteiger partial charge on any atom is 0.261 e. The molecule has 0 atom stereocenters. The number of hydrogen-bond acceptors (Lipinski definition) is 8. The lowest BCUT2D eigenvalue weighted by molar-refractivity contribution is -0.115. The summed E-state index contributed by atoms with van der Waals surface area (Å²) in [5.74, 6) is -0.899. The third-order valence-electron chi connectivity index (χ3n) is 5.63. The highest BCUT2D eigenvalue weighted by Crippen LogP contribution is 2.25. The van der Waals surface area contributed by atoms with Crippen molar-refractivity contribution < 1.29 is 18.9 Å². The zero-order chi connectivity index (χ0) is 23.1. The van der Waals surface area contributed by atoms with Gasteiger partial charge in [0.25, 0.3) is 11.8 Å². The number of carbonyl (C=O) groups is 3. The van der Waals surface area contributed by atoms with Gasteiger partial charge in [-0.2, -0.15) is 0 Å². The number of hydrogen-bond donors (Lipinski definition) is 1. The van der Waals surface area contributed by atoms with Gasteiger partial charge in [-0.15, -0.1) is 10.2 Å². The Kier molecular flexibility index (Phi) is 5.21. The van der Waals surface area contributed by atoms with Crippen LogP contribution in [0, 0.1) is 13.8 Å². The van der Waals surface area contributed by atoms with E-state index in [4.69, 9.17) is 4.52 Å². The summed E-state index contributed by atoms with van der Waals surface area (Å²) in [6.07, 6.45) is 0.394. The third-order valence-corrected chi connectivity index (χ3v) is 6.53. The first-order valence-electron chi connectivity index (χ1n) is 10.3. The molecular formula is C23H19N5O4S. The van der Waals surface area contributed by atoms with Crippen LogP contribution in [0.4, 0.5) is 5.13 Å². The second kappa shape index (κ2) is 8.21. The van der Waals surface area contributed by atoms with Gasteiger partial charge >= 0.3 is 0 Å². The van der Waals surface area contributed by atoms with Crippen LogP contribution in [0.5, 0.6) is 0 Å². The summed E-state index contributed by atoms with van der Waals surface area (Å²) < 4.78 is 5.35. The van der Waals surface area contributed by atoms with Crippen molar-refractivity contribution in [3.05, 3.63) is 69.4 Å². The Morgan fingerprint density at radius 1 is 1.06 bits per heavy atom. The van der Waals surface area contributed by atoms with Crippen molar-refractivity contribution in [2.24, 2.45) is 0 Å². The van der Waals surface area contributed by atoms with Gasteiger partial charge in [0.05, 0.1) is 17.5 Å². The molecule has 33 heavy (non-hydrogen) atoms. The number of rotatable bonds is 6. The summed E-state index contributed by atoms with van der Waals surface area (Å²) in [7, 11) is 0. The highest BCUT2D eigenvalue weighted by Gasteiger charge is 2.34. The van der Waals surface area contributed by atoms with E-state index in [1.165, 1.54) is 16.2 Å². The van der Waals surface area contributed by atoms with Crippen molar-refractivity contribution in [3.8, 4) is 0 Å². The number of carbonyl (C=O) groups excluding carboxylic acids is 3. The highest BCUT2D eigenvalue weighted by atomic mass is 32.1. The van der Waals surface area contributed by atoms with Gasteiger partial charge in [-0.05, 0) is 49.2 Å². The minimum absolute atomic E-state index is 0.0411. The second-order valence-electron chi connectivity index (χ2n) is 7.85. The largest absolute Gasteiger partial charge is 0.356 e. The molecule has 2 aromatic heterocycles. The standard InChI is InChI=1S/C23H19N5O4S/c1-12-9-16-17(27-32-18(16)10-13(12)2)11-19(29)24-23-26-25-20(33-23)7-8-28-21(30)14-5-3-4-6-15(14)22(28)31/h3-6,9-10H,7-8,11H2,1-2H3,(H,24,26,29). The van der Waals surface area contributed by atoms with Crippen LogP contribution in [0.15, 0.2) is 40.9 Å². The normalized spacial score (nSPS) is 13.1. The Morgan fingerprint density at radius 2 is 1.76 bits per heavy atom. The number of imide groups is 1. The lowest BCUT2D eigenvalue weighted by Crippen LogP contribution is -2.31. The molecular weight excluding hydrogens is 442 g/mol. The quantitative estimate of drug-likeness (QED) is 0.438. The minimum Gasteiger partial charge on any atom is -0.356 e. The summed E-state index contributed by atoms with van der Waals surface area (Å²) in [4.78, 5) is 38.7. The van der Waals surface area contributed by atoms with E-state index >= 15 is 0 Å². The predicted molar refractivity (Wildman–Crippen MR) is 121 cm³/mol. The highest BCUT2D eigenvalue weighted by molar-refractivity contribution is 7.15. The van der Waals surface area contributed by atoms with Gasteiger partial charge in [-0.3, -0.25) is 19.3 Å². The lowest BCUT2D eigenvalue weighted by Gasteiger charge is -2.12. The molecule has 2 aromatic carbocycles. The monoisotopic (exact) mass is 461 g/mol. The van der Waals surface area contributed by atoms with Crippen LogP contribution in [-0.4, -0.2) is 44.5 Å². The summed E-state index contributed by atoms with van der Waals surface area (Å²) in [6, 6.07) is 10.6. The van der Waals surface area contributed by atoms with Crippen LogP contribution in [0.25, 0.3) is 11.0 Å². The summed E-state index contributed by atoms with van der Waals surface area (Å²) in [5, 5.41) is 16.6. The van der Waals surface area contributed by atoms with Gasteiger partial charge in [-0.25, -0.2) is 0 Å². The Morgan fingerprint density at radius 3 is 2.48 bits per heavy atom. The maximum absolute atomic E-state index is 12.5. The molecule has 0 unspecified atom stereocenters. The molecule has 1 aliphatic heterocycles. The Bertz CT molecular complexity index is 1390. The van der Waals surface area contributed by atoms with Crippen LogP contribution >= 0.6 is 11.3 Å². The van der Waals surface area contributed by atoms with Gasteiger partial charge in [0.15, 0.2) is 5.58 Å². The number of aromatic nitrogens is 3. The third kappa shape index (κ3) is 3.89. The number of aryl methyl sites for hydroxylation is 2. The first-order chi connectivity index (χ1) is 15.9. The molecule has 0 spiro atoms. The van der Waals surface area contributed by atoms with Crippen molar-refractivity contribution in [3.63, 3.8) is 0 Å². The van der Waals surface area contributed by atoms with Crippen molar-refractivity contribution in [1.29, 1.82) is 0 Å². The summed E-state index contributed by atoms with van der Waals surface area (Å²) in [6.45, 7) is 4.18. The molecule has 4 aromatic rings. The average molecular weight is 462 g/mol. The van der Waals surface area contributed by atoms with Crippen LogP contribution in [0.3, 0.4) is 0 Å². The van der Waals surface area contributed by atoms with E-state index in [9.17, 15) is 14.4 Å². The molecule has 3 heterocycles. The first-order valence-corrected chi connectivity index (χ1v) is 11.2. The number of nitrogens with zero attached hydrogens (tertiary/aromatic N) is 4. The van der Waals surface area contributed by atoms with Gasteiger partial charge < -0.3 is 9.84 Å². The fraction of sp³-hybridized carbons (Fsp3) is 0.217. The molecule has 3 amide bonds. The number of benzene rings is 2. The molecule has 0 bridgehead atoms. The fourth-order valence-corrected chi connectivity index (χ4v) is 4.49. The Hall–Kier alpha value is -3.92. The molecule has 9 nitrogen and oxygen atoms in total.